The summed E-state index contributed by atoms with van der Waals surface area (Å²) < 4.78 is 12.5. The molecule has 5 rings (SSSR count). The SMILES string of the molecule is COC(=O)c1ccc(-n2c(C)cc([C@H]3[C@H](c4ccccn4)NC(=S)N3c3cccc(OC)c3)c2C)cc1. The van der Waals surface area contributed by atoms with Crippen LogP contribution in [0.25, 0.3) is 5.69 Å². The van der Waals surface area contributed by atoms with Gasteiger partial charge in [-0.05, 0) is 86.2 Å². The van der Waals surface area contributed by atoms with Crippen molar-refractivity contribution in [2.75, 3.05) is 19.1 Å². The third-order valence-electron chi connectivity index (χ3n) is 6.77. The van der Waals surface area contributed by atoms with Crippen LogP contribution in [-0.2, 0) is 4.74 Å². The normalized spacial score (nSPS) is 17.0. The van der Waals surface area contributed by atoms with E-state index in [4.69, 9.17) is 21.7 Å². The number of hydrogen-bond donors (Lipinski definition) is 1. The second-order valence-corrected chi connectivity index (χ2v) is 9.29. The standard InChI is InChI=1S/C29H28N4O3S/c1-18-16-24(19(2)32(18)21-13-11-20(12-14-21)28(34)36-4)27-26(25-10-5-6-15-30-25)31-29(37)33(27)22-8-7-9-23(17-22)35-3/h5-17,26-27H,1-4H3,(H,31,37)/t26-,27-/m0/s1. The molecule has 3 heterocycles. The van der Waals surface area contributed by atoms with Crippen molar-refractivity contribution >= 4 is 29.0 Å². The van der Waals surface area contributed by atoms with Crippen LogP contribution in [0.3, 0.4) is 0 Å². The largest absolute Gasteiger partial charge is 0.497 e. The lowest BCUT2D eigenvalue weighted by atomic mass is 9.96. The van der Waals surface area contributed by atoms with E-state index in [1.165, 1.54) is 7.11 Å². The van der Waals surface area contributed by atoms with Gasteiger partial charge < -0.3 is 24.3 Å². The number of aryl methyl sites for hydroxylation is 1. The number of nitrogens with zero attached hydrogens (tertiary/aromatic N) is 3. The number of nitrogens with one attached hydrogen (secondary N) is 1. The lowest BCUT2D eigenvalue weighted by molar-refractivity contribution is 0.0600. The highest BCUT2D eigenvalue weighted by molar-refractivity contribution is 7.80. The summed E-state index contributed by atoms with van der Waals surface area (Å²) in [7, 11) is 3.04. The number of thiocarbonyl (C=S) groups is 1. The molecule has 2 atom stereocenters. The summed E-state index contributed by atoms with van der Waals surface area (Å²) in [6, 6.07) is 23.2. The number of hydrogen-bond acceptors (Lipinski definition) is 5. The van der Waals surface area contributed by atoms with Gasteiger partial charge in [0.2, 0.25) is 0 Å². The Morgan fingerprint density at radius 1 is 0.973 bits per heavy atom. The van der Waals surface area contributed by atoms with Crippen molar-refractivity contribution in [3.63, 3.8) is 0 Å². The quantitative estimate of drug-likeness (QED) is 0.272. The van der Waals surface area contributed by atoms with Crippen LogP contribution in [-0.4, -0.2) is 34.9 Å². The van der Waals surface area contributed by atoms with E-state index in [1.807, 2.05) is 54.6 Å². The zero-order valence-electron chi connectivity index (χ0n) is 21.1. The maximum absolute atomic E-state index is 11.9. The van der Waals surface area contributed by atoms with Gasteiger partial charge in [0, 0.05) is 35.0 Å². The molecule has 0 amide bonds. The van der Waals surface area contributed by atoms with Crippen molar-refractivity contribution < 1.29 is 14.3 Å². The summed E-state index contributed by atoms with van der Waals surface area (Å²) in [6.07, 6.45) is 1.80. The molecule has 0 spiro atoms. The number of aromatic nitrogens is 2. The second kappa shape index (κ2) is 10.1. The van der Waals surface area contributed by atoms with Gasteiger partial charge in [0.15, 0.2) is 5.11 Å². The Hall–Kier alpha value is -4.17. The van der Waals surface area contributed by atoms with Gasteiger partial charge in [-0.15, -0.1) is 0 Å². The fourth-order valence-electron chi connectivity index (χ4n) is 5.06. The summed E-state index contributed by atoms with van der Waals surface area (Å²) in [5.74, 6) is 0.405. The van der Waals surface area contributed by atoms with Gasteiger partial charge >= 0.3 is 5.97 Å². The first-order chi connectivity index (χ1) is 17.9. The Kier molecular flexibility index (Phi) is 6.67. The highest BCUT2D eigenvalue weighted by Gasteiger charge is 2.42. The molecule has 37 heavy (non-hydrogen) atoms. The third-order valence-corrected chi connectivity index (χ3v) is 7.08. The predicted molar refractivity (Wildman–Crippen MR) is 148 cm³/mol. The molecule has 1 fully saturated rings. The van der Waals surface area contributed by atoms with E-state index in [2.05, 4.69) is 39.7 Å². The van der Waals surface area contributed by atoms with Crippen molar-refractivity contribution in [3.8, 4) is 11.4 Å². The summed E-state index contributed by atoms with van der Waals surface area (Å²) in [6.45, 7) is 4.19. The molecule has 1 saturated heterocycles. The van der Waals surface area contributed by atoms with Gasteiger partial charge in [-0.1, -0.05) is 12.1 Å². The molecule has 0 aliphatic carbocycles. The molecule has 188 valence electrons. The monoisotopic (exact) mass is 512 g/mol. The van der Waals surface area contributed by atoms with E-state index in [-0.39, 0.29) is 18.1 Å². The van der Waals surface area contributed by atoms with Crippen LogP contribution in [0.15, 0.2) is 79.0 Å². The average Bonchev–Trinajstić information content (AvgIpc) is 3.43. The number of ether oxygens (including phenoxy) is 2. The molecule has 1 N–H and O–H groups in total. The Labute approximate surface area is 221 Å². The van der Waals surface area contributed by atoms with E-state index in [9.17, 15) is 4.79 Å². The van der Waals surface area contributed by atoms with Gasteiger partial charge in [-0.25, -0.2) is 4.79 Å². The van der Waals surface area contributed by atoms with Crippen molar-refractivity contribution in [3.05, 3.63) is 107 Å². The fraction of sp³-hybridized carbons (Fsp3) is 0.207. The number of anilines is 1. The van der Waals surface area contributed by atoms with Crippen LogP contribution < -0.4 is 15.0 Å². The summed E-state index contributed by atoms with van der Waals surface area (Å²) in [5.41, 5.74) is 6.60. The number of pyridine rings is 1. The minimum absolute atomic E-state index is 0.149. The lowest BCUT2D eigenvalue weighted by Crippen LogP contribution is -2.29. The van der Waals surface area contributed by atoms with E-state index in [0.717, 1.165) is 39.8 Å². The van der Waals surface area contributed by atoms with Crippen LogP contribution >= 0.6 is 12.2 Å². The van der Waals surface area contributed by atoms with Crippen molar-refractivity contribution in [2.45, 2.75) is 25.9 Å². The molecule has 7 nitrogen and oxygen atoms in total. The molecule has 2 aromatic carbocycles. The maximum Gasteiger partial charge on any atom is 0.337 e. The molecule has 0 saturated carbocycles. The zero-order valence-corrected chi connectivity index (χ0v) is 22.0. The molecule has 1 aliphatic heterocycles. The molecule has 0 bridgehead atoms. The minimum atomic E-state index is -0.356. The smallest absolute Gasteiger partial charge is 0.337 e. The maximum atomic E-state index is 11.9. The molecule has 2 aromatic heterocycles. The number of benzene rings is 2. The fourth-order valence-corrected chi connectivity index (χ4v) is 5.40. The first-order valence-electron chi connectivity index (χ1n) is 11.9. The molecular formula is C29H28N4O3S. The molecule has 8 heteroatoms. The third kappa shape index (κ3) is 4.44. The topological polar surface area (TPSA) is 68.6 Å². The number of esters is 1. The number of rotatable bonds is 6. The van der Waals surface area contributed by atoms with Gasteiger partial charge in [-0.3, -0.25) is 4.98 Å². The Morgan fingerprint density at radius 3 is 2.43 bits per heavy atom. The van der Waals surface area contributed by atoms with Gasteiger partial charge in [0.1, 0.15) is 5.75 Å². The molecular weight excluding hydrogens is 484 g/mol. The Morgan fingerprint density at radius 2 is 1.76 bits per heavy atom. The average molecular weight is 513 g/mol. The summed E-state index contributed by atoms with van der Waals surface area (Å²) in [4.78, 5) is 18.7. The van der Waals surface area contributed by atoms with Crippen molar-refractivity contribution in [1.29, 1.82) is 0 Å². The highest BCUT2D eigenvalue weighted by Crippen LogP contribution is 2.44. The Balaban J connectivity index is 1.63. The van der Waals surface area contributed by atoms with Crippen LogP contribution in [0.1, 0.15) is 45.1 Å². The zero-order chi connectivity index (χ0) is 26.1. The van der Waals surface area contributed by atoms with Crippen LogP contribution in [0.2, 0.25) is 0 Å². The molecule has 1 aliphatic rings. The second-order valence-electron chi connectivity index (χ2n) is 8.90. The van der Waals surface area contributed by atoms with Crippen LogP contribution in [0.5, 0.6) is 5.75 Å². The number of methoxy groups -OCH3 is 2. The number of carbonyl (C=O) groups is 1. The molecule has 0 radical (unpaired) electrons. The number of carbonyl (C=O) groups excluding carboxylic acids is 1. The molecule has 0 unspecified atom stereocenters. The first-order valence-corrected chi connectivity index (χ1v) is 12.4. The van der Waals surface area contributed by atoms with E-state index in [0.29, 0.717) is 10.7 Å². The van der Waals surface area contributed by atoms with Gasteiger partial charge in [-0.2, -0.15) is 0 Å². The van der Waals surface area contributed by atoms with Gasteiger partial charge in [0.25, 0.3) is 0 Å². The summed E-state index contributed by atoms with van der Waals surface area (Å²) in [5, 5.41) is 4.15. The lowest BCUT2D eigenvalue weighted by Gasteiger charge is -2.28. The van der Waals surface area contributed by atoms with E-state index in [1.54, 1.807) is 25.4 Å². The van der Waals surface area contributed by atoms with Crippen LogP contribution in [0.4, 0.5) is 5.69 Å². The van der Waals surface area contributed by atoms with Gasteiger partial charge in [0.05, 0.1) is 37.6 Å². The first kappa shape index (κ1) is 24.5. The summed E-state index contributed by atoms with van der Waals surface area (Å²) >= 11 is 5.88. The Bertz CT molecular complexity index is 1450. The van der Waals surface area contributed by atoms with Crippen LogP contribution in [0, 0.1) is 13.8 Å². The van der Waals surface area contributed by atoms with E-state index >= 15 is 0 Å². The van der Waals surface area contributed by atoms with Crippen molar-refractivity contribution in [1.82, 2.24) is 14.9 Å². The minimum Gasteiger partial charge on any atom is -0.497 e. The predicted octanol–water partition coefficient (Wildman–Crippen LogP) is 5.46. The molecule has 4 aromatic rings. The van der Waals surface area contributed by atoms with Crippen molar-refractivity contribution in [2.24, 2.45) is 0 Å². The highest BCUT2D eigenvalue weighted by atomic mass is 32.1. The van der Waals surface area contributed by atoms with E-state index < -0.39 is 0 Å².